The molecule has 2 N–H and O–H groups in total. The maximum absolute atomic E-state index is 6.10. The van der Waals surface area contributed by atoms with Crippen molar-refractivity contribution in [1.29, 1.82) is 0 Å². The summed E-state index contributed by atoms with van der Waals surface area (Å²) >= 11 is 3.53. The summed E-state index contributed by atoms with van der Waals surface area (Å²) in [5, 5.41) is 0. The van der Waals surface area contributed by atoms with Crippen LogP contribution in [0.25, 0.3) is 0 Å². The second kappa shape index (κ2) is 4.50. The molecule has 0 radical (unpaired) electrons. The van der Waals surface area contributed by atoms with Crippen LogP contribution in [0.1, 0.15) is 32.3 Å². The average molecular weight is 300 g/mol. The predicted molar refractivity (Wildman–Crippen MR) is 71.6 cm³/mol. The van der Waals surface area contributed by atoms with Gasteiger partial charge in [-0.1, -0.05) is 0 Å². The monoisotopic (exact) mass is 299 g/mol. The molecule has 0 unspecified atom stereocenters. The van der Waals surface area contributed by atoms with Crippen LogP contribution in [-0.2, 0) is 5.54 Å². The van der Waals surface area contributed by atoms with Gasteiger partial charge in [-0.05, 0) is 60.3 Å². The molecule has 0 bridgehead atoms. The third-order valence-electron chi connectivity index (χ3n) is 2.78. The zero-order chi connectivity index (χ0) is 12.6. The van der Waals surface area contributed by atoms with Crippen LogP contribution < -0.4 is 15.2 Å². The molecule has 0 aliphatic heterocycles. The van der Waals surface area contributed by atoms with Crippen molar-refractivity contribution < 1.29 is 9.47 Å². The largest absolute Gasteiger partial charge is 0.493 e. The van der Waals surface area contributed by atoms with E-state index in [2.05, 4.69) is 15.9 Å². The Hall–Kier alpha value is -0.740. The van der Waals surface area contributed by atoms with E-state index in [0.29, 0.717) is 6.10 Å². The number of nitrogens with two attached hydrogens (primary N) is 1. The Morgan fingerprint density at radius 3 is 2.47 bits per heavy atom. The molecule has 0 atom stereocenters. The molecule has 0 amide bonds. The van der Waals surface area contributed by atoms with E-state index in [9.17, 15) is 0 Å². The van der Waals surface area contributed by atoms with E-state index >= 15 is 0 Å². The van der Waals surface area contributed by atoms with Crippen molar-refractivity contribution in [3.05, 3.63) is 22.2 Å². The van der Waals surface area contributed by atoms with E-state index in [4.69, 9.17) is 15.2 Å². The van der Waals surface area contributed by atoms with Gasteiger partial charge in [0.2, 0.25) is 0 Å². The number of hydrogen-bond donors (Lipinski definition) is 1. The van der Waals surface area contributed by atoms with Crippen LogP contribution in [0.3, 0.4) is 0 Å². The Morgan fingerprint density at radius 2 is 2.00 bits per heavy atom. The quantitative estimate of drug-likeness (QED) is 0.928. The maximum Gasteiger partial charge on any atom is 0.175 e. The van der Waals surface area contributed by atoms with Gasteiger partial charge in [-0.25, -0.2) is 0 Å². The predicted octanol–water partition coefficient (Wildman–Crippen LogP) is 3.19. The fourth-order valence-electron chi connectivity index (χ4n) is 1.56. The van der Waals surface area contributed by atoms with E-state index < -0.39 is 5.54 Å². The minimum absolute atomic E-state index is 0.344. The third-order valence-corrected chi connectivity index (χ3v) is 3.37. The number of benzene rings is 1. The minimum atomic E-state index is -0.395. The fraction of sp³-hybridized carbons (Fsp3) is 0.538. The number of ether oxygens (including phenoxy) is 2. The molecule has 17 heavy (non-hydrogen) atoms. The zero-order valence-corrected chi connectivity index (χ0v) is 12.0. The summed E-state index contributed by atoms with van der Waals surface area (Å²) < 4.78 is 12.1. The Morgan fingerprint density at radius 1 is 1.35 bits per heavy atom. The molecule has 1 aromatic rings. The van der Waals surface area contributed by atoms with Crippen LogP contribution in [0.2, 0.25) is 0 Å². The molecule has 0 spiro atoms. The van der Waals surface area contributed by atoms with Crippen LogP contribution in [0, 0.1) is 0 Å². The normalized spacial score (nSPS) is 15.8. The topological polar surface area (TPSA) is 44.5 Å². The van der Waals surface area contributed by atoms with Crippen molar-refractivity contribution >= 4 is 15.9 Å². The summed E-state index contributed by atoms with van der Waals surface area (Å²) in [4.78, 5) is 0. The van der Waals surface area contributed by atoms with Gasteiger partial charge in [0.15, 0.2) is 11.5 Å². The first kappa shape index (κ1) is 12.7. The van der Waals surface area contributed by atoms with Crippen molar-refractivity contribution in [2.75, 3.05) is 7.11 Å². The van der Waals surface area contributed by atoms with E-state index in [1.165, 1.54) is 0 Å². The van der Waals surface area contributed by atoms with E-state index in [-0.39, 0.29) is 0 Å². The van der Waals surface area contributed by atoms with Gasteiger partial charge >= 0.3 is 0 Å². The third kappa shape index (κ3) is 2.93. The lowest BCUT2D eigenvalue weighted by molar-refractivity contribution is 0.279. The highest BCUT2D eigenvalue weighted by molar-refractivity contribution is 9.10. The second-order valence-electron chi connectivity index (χ2n) is 5.03. The van der Waals surface area contributed by atoms with Gasteiger partial charge < -0.3 is 15.2 Å². The number of hydrogen-bond acceptors (Lipinski definition) is 3. The lowest BCUT2D eigenvalue weighted by atomic mass is 9.95. The molecule has 1 aliphatic carbocycles. The van der Waals surface area contributed by atoms with E-state index in [0.717, 1.165) is 34.4 Å². The first-order valence-corrected chi connectivity index (χ1v) is 6.54. The Labute approximate surface area is 110 Å². The first-order chi connectivity index (χ1) is 7.91. The van der Waals surface area contributed by atoms with E-state index in [1.807, 2.05) is 26.0 Å². The smallest absolute Gasteiger partial charge is 0.175 e. The van der Waals surface area contributed by atoms with Gasteiger partial charge in [0.05, 0.1) is 17.7 Å². The molecule has 4 heteroatoms. The second-order valence-corrected chi connectivity index (χ2v) is 5.88. The van der Waals surface area contributed by atoms with Crippen LogP contribution in [0.15, 0.2) is 16.6 Å². The molecular weight excluding hydrogens is 282 g/mol. The van der Waals surface area contributed by atoms with Crippen molar-refractivity contribution in [2.24, 2.45) is 5.73 Å². The number of methoxy groups -OCH3 is 1. The first-order valence-electron chi connectivity index (χ1n) is 5.75. The zero-order valence-electron chi connectivity index (χ0n) is 10.4. The summed E-state index contributed by atoms with van der Waals surface area (Å²) in [6.45, 7) is 3.94. The van der Waals surface area contributed by atoms with Gasteiger partial charge in [0.25, 0.3) is 0 Å². The van der Waals surface area contributed by atoms with Gasteiger partial charge in [0.1, 0.15) is 0 Å². The molecule has 0 saturated heterocycles. The molecule has 0 aromatic heterocycles. The lowest BCUT2D eigenvalue weighted by Crippen LogP contribution is -2.28. The Kier molecular flexibility index (Phi) is 3.36. The number of rotatable bonds is 4. The highest BCUT2D eigenvalue weighted by Gasteiger charge is 2.27. The molecule has 1 aliphatic rings. The summed E-state index contributed by atoms with van der Waals surface area (Å²) in [7, 11) is 1.65. The highest BCUT2D eigenvalue weighted by Crippen LogP contribution is 2.41. The minimum Gasteiger partial charge on any atom is -0.493 e. The average Bonchev–Trinajstić information content (AvgIpc) is 3.03. The molecule has 0 heterocycles. The van der Waals surface area contributed by atoms with Crippen molar-refractivity contribution in [3.63, 3.8) is 0 Å². The van der Waals surface area contributed by atoms with Gasteiger partial charge in [0, 0.05) is 5.54 Å². The summed E-state index contributed by atoms with van der Waals surface area (Å²) in [6, 6.07) is 3.95. The molecule has 2 rings (SSSR count). The molecular formula is C13H18BrNO2. The van der Waals surface area contributed by atoms with Gasteiger partial charge in [-0.3, -0.25) is 0 Å². The van der Waals surface area contributed by atoms with Gasteiger partial charge in [-0.2, -0.15) is 0 Å². The SMILES string of the molecule is COc1cc(C(C)(C)N)cc(Br)c1OC1CC1. The highest BCUT2D eigenvalue weighted by atomic mass is 79.9. The van der Waals surface area contributed by atoms with Crippen LogP contribution in [-0.4, -0.2) is 13.2 Å². The lowest BCUT2D eigenvalue weighted by Gasteiger charge is -2.22. The Balaban J connectivity index is 2.39. The Bertz CT molecular complexity index is 422. The van der Waals surface area contributed by atoms with E-state index in [1.54, 1.807) is 7.11 Å². The molecule has 1 fully saturated rings. The molecule has 94 valence electrons. The number of halogens is 1. The van der Waals surface area contributed by atoms with Crippen molar-refractivity contribution in [1.82, 2.24) is 0 Å². The summed E-state index contributed by atoms with van der Waals surface area (Å²) in [5.41, 5.74) is 6.72. The van der Waals surface area contributed by atoms with Gasteiger partial charge in [-0.15, -0.1) is 0 Å². The van der Waals surface area contributed by atoms with Crippen LogP contribution in [0.4, 0.5) is 0 Å². The summed E-state index contributed by atoms with van der Waals surface area (Å²) in [6.07, 6.45) is 2.59. The maximum atomic E-state index is 6.10. The molecule has 3 nitrogen and oxygen atoms in total. The van der Waals surface area contributed by atoms with Crippen molar-refractivity contribution in [2.45, 2.75) is 38.3 Å². The fourth-order valence-corrected chi connectivity index (χ4v) is 2.09. The van der Waals surface area contributed by atoms with Crippen LogP contribution in [0.5, 0.6) is 11.5 Å². The molecule has 1 aromatic carbocycles. The standard InChI is InChI=1S/C13H18BrNO2/c1-13(2,15)8-6-10(14)12(11(7-8)16-3)17-9-4-5-9/h6-7,9H,4-5,15H2,1-3H3. The van der Waals surface area contributed by atoms with Crippen molar-refractivity contribution in [3.8, 4) is 11.5 Å². The molecule has 1 saturated carbocycles. The van der Waals surface area contributed by atoms with Crippen LogP contribution >= 0.6 is 15.9 Å². The summed E-state index contributed by atoms with van der Waals surface area (Å²) in [5.74, 6) is 1.52.